The Labute approximate surface area is 85.6 Å². The van der Waals surface area contributed by atoms with E-state index in [0.717, 1.165) is 0 Å². The van der Waals surface area contributed by atoms with Crippen molar-refractivity contribution >= 4 is 17.2 Å². The van der Waals surface area contributed by atoms with Gasteiger partial charge in [-0.2, -0.15) is 0 Å². The van der Waals surface area contributed by atoms with Crippen LogP contribution >= 0.6 is 11.3 Å². The van der Waals surface area contributed by atoms with Gasteiger partial charge in [-0.1, -0.05) is 16.8 Å². The van der Waals surface area contributed by atoms with Gasteiger partial charge in [-0.15, -0.1) is 16.8 Å². The van der Waals surface area contributed by atoms with Crippen molar-refractivity contribution < 1.29 is 9.47 Å². The number of hydrogen-bond acceptors (Lipinski definition) is 2. The van der Waals surface area contributed by atoms with E-state index in [1.54, 1.807) is 23.1 Å². The van der Waals surface area contributed by atoms with Crippen LogP contribution in [0.4, 0.5) is 0 Å². The normalized spacial score (nSPS) is 9.71. The number of thiophene rings is 1. The fraction of sp³-hybridized carbons (Fsp3) is 0. The largest absolute Gasteiger partial charge is 0.315 e. The smallest absolute Gasteiger partial charge is 0.263 e. The molecule has 4 heteroatoms. The first-order valence-corrected chi connectivity index (χ1v) is 5.05. The molecule has 2 rings (SSSR count). The molecule has 2 aromatic rings. The van der Waals surface area contributed by atoms with Crippen LogP contribution in [-0.2, 0) is 0 Å². The molecule has 0 fully saturated rings. The molecular weight excluding hydrogens is 196 g/mol. The predicted molar refractivity (Wildman–Crippen MR) is 54.6 cm³/mol. The summed E-state index contributed by atoms with van der Waals surface area (Å²) in [6.45, 7) is 0. The van der Waals surface area contributed by atoms with E-state index >= 15 is 0 Å². The van der Waals surface area contributed by atoms with E-state index in [4.69, 9.17) is 0 Å². The second kappa shape index (κ2) is 4.02. The van der Waals surface area contributed by atoms with E-state index in [-0.39, 0.29) is 5.91 Å². The zero-order chi connectivity index (χ0) is 9.80. The van der Waals surface area contributed by atoms with E-state index in [0.29, 0.717) is 4.88 Å². The van der Waals surface area contributed by atoms with Crippen molar-refractivity contribution in [3.63, 3.8) is 0 Å². The molecule has 14 heavy (non-hydrogen) atoms. The number of nitrogens with one attached hydrogen (secondary N) is 1. The summed E-state index contributed by atoms with van der Waals surface area (Å²) in [7, 11) is 0. The summed E-state index contributed by atoms with van der Waals surface area (Å²) >= 11 is 1.42. The summed E-state index contributed by atoms with van der Waals surface area (Å²) in [5.41, 5.74) is 2.73. The predicted octanol–water partition coefficient (Wildman–Crippen LogP) is 1.42. The molecule has 0 saturated carbocycles. The van der Waals surface area contributed by atoms with Crippen LogP contribution in [0.5, 0.6) is 0 Å². The van der Waals surface area contributed by atoms with E-state index in [2.05, 4.69) is 5.43 Å². The Kier molecular flexibility index (Phi) is 2.55. The molecule has 0 unspecified atom stereocenters. The fourth-order valence-corrected chi connectivity index (χ4v) is 1.67. The number of aromatic nitrogens is 1. The SMILES string of the molecule is O=C(N[n+]1ccccc1)c1cccs1. The van der Waals surface area contributed by atoms with Gasteiger partial charge in [-0.05, 0) is 11.4 Å². The first-order valence-electron chi connectivity index (χ1n) is 4.17. The topological polar surface area (TPSA) is 33.0 Å². The van der Waals surface area contributed by atoms with Crippen molar-refractivity contribution in [2.45, 2.75) is 0 Å². The number of carbonyl (C=O) groups excluding carboxylic acids is 1. The Bertz CT molecular complexity index is 411. The van der Waals surface area contributed by atoms with Gasteiger partial charge in [0.15, 0.2) is 12.4 Å². The van der Waals surface area contributed by atoms with Crippen LogP contribution in [0.3, 0.4) is 0 Å². The zero-order valence-corrected chi connectivity index (χ0v) is 8.20. The number of rotatable bonds is 2. The Morgan fingerprint density at radius 2 is 2.00 bits per heavy atom. The molecule has 0 spiro atoms. The van der Waals surface area contributed by atoms with E-state index in [1.807, 2.05) is 29.6 Å². The minimum absolute atomic E-state index is 0.0869. The molecule has 2 heterocycles. The average Bonchev–Trinajstić information content (AvgIpc) is 2.72. The first kappa shape index (κ1) is 8.90. The fourth-order valence-electron chi connectivity index (χ4n) is 1.05. The van der Waals surface area contributed by atoms with Gasteiger partial charge in [-0.25, -0.2) is 0 Å². The summed E-state index contributed by atoms with van der Waals surface area (Å²) in [5.74, 6) is -0.0869. The third-order valence-electron chi connectivity index (χ3n) is 1.69. The third kappa shape index (κ3) is 1.97. The van der Waals surface area contributed by atoms with Crippen molar-refractivity contribution in [1.29, 1.82) is 0 Å². The molecule has 0 aliphatic rings. The first-order chi connectivity index (χ1) is 6.86. The number of pyridine rings is 1. The van der Waals surface area contributed by atoms with Crippen molar-refractivity contribution in [2.24, 2.45) is 0 Å². The molecule has 0 aliphatic heterocycles. The Morgan fingerprint density at radius 1 is 1.21 bits per heavy atom. The summed E-state index contributed by atoms with van der Waals surface area (Å²) in [6, 6.07) is 9.26. The Morgan fingerprint density at radius 3 is 2.64 bits per heavy atom. The monoisotopic (exact) mass is 205 g/mol. The van der Waals surface area contributed by atoms with Crippen molar-refractivity contribution in [1.82, 2.24) is 0 Å². The summed E-state index contributed by atoms with van der Waals surface area (Å²) in [6.07, 6.45) is 3.57. The molecule has 0 bridgehead atoms. The number of nitrogens with zero attached hydrogens (tertiary/aromatic N) is 1. The van der Waals surface area contributed by atoms with Gasteiger partial charge in [0.25, 0.3) is 0 Å². The molecule has 0 aliphatic carbocycles. The summed E-state index contributed by atoms with van der Waals surface area (Å²) < 4.78 is 1.63. The van der Waals surface area contributed by atoms with Crippen LogP contribution in [0.1, 0.15) is 9.67 Å². The van der Waals surface area contributed by atoms with Gasteiger partial charge in [0.1, 0.15) is 0 Å². The Hall–Kier alpha value is -1.68. The van der Waals surface area contributed by atoms with Gasteiger partial charge in [0.2, 0.25) is 0 Å². The molecule has 0 radical (unpaired) electrons. The summed E-state index contributed by atoms with van der Waals surface area (Å²) in [4.78, 5) is 12.3. The number of hydrogen-bond donors (Lipinski definition) is 1. The molecule has 2 aromatic heterocycles. The van der Waals surface area contributed by atoms with Crippen molar-refractivity contribution in [2.75, 3.05) is 5.43 Å². The maximum atomic E-state index is 11.6. The van der Waals surface area contributed by atoms with E-state index in [9.17, 15) is 4.79 Å². The van der Waals surface area contributed by atoms with Crippen LogP contribution in [-0.4, -0.2) is 5.91 Å². The minimum Gasteiger partial charge on any atom is -0.263 e. The van der Waals surface area contributed by atoms with Gasteiger partial charge < -0.3 is 0 Å². The zero-order valence-electron chi connectivity index (χ0n) is 7.38. The lowest BCUT2D eigenvalue weighted by molar-refractivity contribution is -0.641. The highest BCUT2D eigenvalue weighted by molar-refractivity contribution is 7.12. The molecule has 1 N–H and O–H groups in total. The molecule has 1 amide bonds. The average molecular weight is 205 g/mol. The highest BCUT2D eigenvalue weighted by Crippen LogP contribution is 2.07. The Balaban J connectivity index is 2.10. The minimum atomic E-state index is -0.0869. The molecular formula is C10H9N2OS+. The maximum absolute atomic E-state index is 11.6. The third-order valence-corrected chi connectivity index (χ3v) is 2.56. The molecule has 0 aromatic carbocycles. The second-order valence-electron chi connectivity index (χ2n) is 2.70. The molecule has 0 saturated heterocycles. The van der Waals surface area contributed by atoms with Gasteiger partial charge >= 0.3 is 5.91 Å². The number of amides is 1. The van der Waals surface area contributed by atoms with E-state index in [1.165, 1.54) is 11.3 Å². The van der Waals surface area contributed by atoms with E-state index < -0.39 is 0 Å². The maximum Gasteiger partial charge on any atom is 0.315 e. The molecule has 0 atom stereocenters. The second-order valence-corrected chi connectivity index (χ2v) is 3.65. The number of carbonyl (C=O) groups is 1. The van der Waals surface area contributed by atoms with Crippen molar-refractivity contribution in [3.05, 3.63) is 53.0 Å². The lowest BCUT2D eigenvalue weighted by atomic mass is 10.4. The van der Waals surface area contributed by atoms with Crippen LogP contribution in [0.2, 0.25) is 0 Å². The highest BCUT2D eigenvalue weighted by Gasteiger charge is 2.09. The lowest BCUT2D eigenvalue weighted by Crippen LogP contribution is -2.47. The van der Waals surface area contributed by atoms with Gasteiger partial charge in [-0.3, -0.25) is 4.79 Å². The quantitative estimate of drug-likeness (QED) is 0.739. The van der Waals surface area contributed by atoms with Gasteiger partial charge in [0, 0.05) is 12.1 Å². The van der Waals surface area contributed by atoms with Gasteiger partial charge in [0.05, 0.1) is 4.88 Å². The van der Waals surface area contributed by atoms with Crippen molar-refractivity contribution in [3.8, 4) is 0 Å². The van der Waals surface area contributed by atoms with Crippen LogP contribution in [0.25, 0.3) is 0 Å². The standard InChI is InChI=1S/C10H8N2OS/c13-10(9-5-4-8-14-9)11-12-6-2-1-3-7-12/h1-8H/p+1. The highest BCUT2D eigenvalue weighted by atomic mass is 32.1. The molecule has 70 valence electrons. The lowest BCUT2D eigenvalue weighted by Gasteiger charge is -1.95. The summed E-state index contributed by atoms with van der Waals surface area (Å²) in [5, 5.41) is 1.88. The van der Waals surface area contributed by atoms with Crippen LogP contribution < -0.4 is 10.1 Å². The molecule has 3 nitrogen and oxygen atoms in total. The van der Waals surface area contributed by atoms with Crippen LogP contribution in [0.15, 0.2) is 48.1 Å². The van der Waals surface area contributed by atoms with Crippen LogP contribution in [0, 0.1) is 0 Å².